The molecule has 1 rings (SSSR count). The predicted molar refractivity (Wildman–Crippen MR) is 60.9 cm³/mol. The highest BCUT2D eigenvalue weighted by Crippen LogP contribution is 2.21. The Bertz CT molecular complexity index is 358. The molecule has 0 spiro atoms. The van der Waals surface area contributed by atoms with Crippen LogP contribution in [0.1, 0.15) is 18.9 Å². The monoisotopic (exact) mass is 250 g/mol. The van der Waals surface area contributed by atoms with E-state index >= 15 is 0 Å². The predicted octanol–water partition coefficient (Wildman–Crippen LogP) is 2.33. The molecule has 3 N–H and O–H groups in total. The maximum Gasteiger partial charge on any atom is 0.263 e. The Balaban J connectivity index is 0.00000225. The molecule has 16 heavy (non-hydrogen) atoms. The van der Waals surface area contributed by atoms with E-state index in [1.807, 2.05) is 0 Å². The van der Waals surface area contributed by atoms with Crippen molar-refractivity contribution in [1.29, 1.82) is 0 Å². The Morgan fingerprint density at radius 2 is 2.06 bits per heavy atom. The molecule has 0 bridgehead atoms. The van der Waals surface area contributed by atoms with Gasteiger partial charge < -0.3 is 11.1 Å². The lowest BCUT2D eigenvalue weighted by Crippen LogP contribution is -2.32. The normalized spacial score (nSPS) is 11.8. The fourth-order valence-corrected chi connectivity index (χ4v) is 1.01. The van der Waals surface area contributed by atoms with E-state index in [-0.39, 0.29) is 18.0 Å². The van der Waals surface area contributed by atoms with Gasteiger partial charge in [-0.1, -0.05) is 12.1 Å². The van der Waals surface area contributed by atoms with E-state index in [0.717, 1.165) is 0 Å². The summed E-state index contributed by atoms with van der Waals surface area (Å²) in [5.41, 5.74) is 5.52. The summed E-state index contributed by atoms with van der Waals surface area (Å²) in [6, 6.07) is 4.85. The van der Waals surface area contributed by atoms with Crippen LogP contribution in [-0.2, 0) is 4.79 Å². The van der Waals surface area contributed by atoms with Crippen LogP contribution >= 0.6 is 12.4 Å². The molecular weight excluding hydrogens is 238 g/mol. The third-order valence-corrected chi connectivity index (χ3v) is 1.82. The molecule has 90 valence electrons. The van der Waals surface area contributed by atoms with Crippen molar-refractivity contribution in [2.75, 3.05) is 5.32 Å². The largest absolute Gasteiger partial charge is 0.325 e. The van der Waals surface area contributed by atoms with Gasteiger partial charge in [-0.2, -0.15) is 0 Å². The molecule has 1 amide bonds. The fourth-order valence-electron chi connectivity index (χ4n) is 1.01. The molecule has 1 aromatic rings. The van der Waals surface area contributed by atoms with Gasteiger partial charge in [-0.25, -0.2) is 8.78 Å². The molecule has 0 heterocycles. The van der Waals surface area contributed by atoms with Crippen molar-refractivity contribution in [3.8, 4) is 0 Å². The van der Waals surface area contributed by atoms with Crippen molar-refractivity contribution in [1.82, 2.24) is 0 Å². The van der Waals surface area contributed by atoms with Crippen molar-refractivity contribution in [3.63, 3.8) is 0 Å². The van der Waals surface area contributed by atoms with E-state index in [2.05, 4.69) is 5.32 Å². The standard InChI is InChI=1S/C10H12F2N2O.ClH/c1-6(13)10(15)14-8-4-2-3-7(5-8)9(11)12;/h2-6,9H,13H2,1H3,(H,14,15);1H. The molecule has 0 aliphatic carbocycles. The minimum absolute atomic E-state index is 0. The number of alkyl halides is 2. The highest BCUT2D eigenvalue weighted by atomic mass is 35.5. The number of carbonyl (C=O) groups is 1. The zero-order chi connectivity index (χ0) is 11.4. The highest BCUT2D eigenvalue weighted by Gasteiger charge is 2.10. The summed E-state index contributed by atoms with van der Waals surface area (Å²) < 4.78 is 24.6. The summed E-state index contributed by atoms with van der Waals surface area (Å²) in [4.78, 5) is 11.2. The second kappa shape index (κ2) is 6.40. The second-order valence-electron chi connectivity index (χ2n) is 3.20. The van der Waals surface area contributed by atoms with Gasteiger partial charge in [0, 0.05) is 11.3 Å². The lowest BCUT2D eigenvalue weighted by molar-refractivity contribution is -0.117. The summed E-state index contributed by atoms with van der Waals surface area (Å²) in [6.07, 6.45) is -2.54. The topological polar surface area (TPSA) is 55.1 Å². The van der Waals surface area contributed by atoms with Crippen LogP contribution in [0.25, 0.3) is 0 Å². The number of nitrogens with one attached hydrogen (secondary N) is 1. The molecule has 0 aliphatic heterocycles. The fraction of sp³-hybridized carbons (Fsp3) is 0.300. The van der Waals surface area contributed by atoms with E-state index in [9.17, 15) is 13.6 Å². The van der Waals surface area contributed by atoms with Crippen LogP contribution in [-0.4, -0.2) is 11.9 Å². The first-order valence-corrected chi connectivity index (χ1v) is 4.45. The summed E-state index contributed by atoms with van der Waals surface area (Å²) in [5, 5.41) is 2.44. The lowest BCUT2D eigenvalue weighted by Gasteiger charge is -2.08. The number of halogens is 3. The molecule has 0 aliphatic rings. The number of hydrogen-bond acceptors (Lipinski definition) is 2. The van der Waals surface area contributed by atoms with E-state index in [1.165, 1.54) is 31.2 Å². The zero-order valence-electron chi connectivity index (χ0n) is 8.61. The number of amides is 1. The SMILES string of the molecule is CC(N)C(=O)Nc1cccc(C(F)F)c1.Cl. The maximum atomic E-state index is 12.3. The van der Waals surface area contributed by atoms with Crippen LogP contribution < -0.4 is 11.1 Å². The van der Waals surface area contributed by atoms with Crippen LogP contribution in [0.5, 0.6) is 0 Å². The van der Waals surface area contributed by atoms with Crippen LogP contribution in [0.15, 0.2) is 24.3 Å². The zero-order valence-corrected chi connectivity index (χ0v) is 9.43. The van der Waals surface area contributed by atoms with Gasteiger partial charge in [-0.15, -0.1) is 12.4 Å². The van der Waals surface area contributed by atoms with E-state index in [0.29, 0.717) is 5.69 Å². The summed E-state index contributed by atoms with van der Waals surface area (Å²) in [7, 11) is 0. The Hall–Kier alpha value is -1.20. The summed E-state index contributed by atoms with van der Waals surface area (Å²) in [6.45, 7) is 1.52. The molecule has 1 aromatic carbocycles. The number of rotatable bonds is 3. The third kappa shape index (κ3) is 4.12. The Kier molecular flexibility index (Phi) is 5.92. The van der Waals surface area contributed by atoms with Crippen LogP contribution in [0, 0.1) is 0 Å². The first-order chi connectivity index (χ1) is 7.00. The first-order valence-electron chi connectivity index (χ1n) is 4.45. The van der Waals surface area contributed by atoms with Crippen molar-refractivity contribution >= 4 is 24.0 Å². The van der Waals surface area contributed by atoms with Crippen LogP contribution in [0.4, 0.5) is 14.5 Å². The maximum absolute atomic E-state index is 12.3. The molecular formula is C10H13ClF2N2O. The quantitative estimate of drug-likeness (QED) is 0.865. The molecule has 1 atom stereocenters. The molecule has 6 heteroatoms. The third-order valence-electron chi connectivity index (χ3n) is 1.82. The molecule has 3 nitrogen and oxygen atoms in total. The van der Waals surface area contributed by atoms with Gasteiger partial charge in [0.2, 0.25) is 5.91 Å². The van der Waals surface area contributed by atoms with Gasteiger partial charge in [-0.3, -0.25) is 4.79 Å². The van der Waals surface area contributed by atoms with Crippen molar-refractivity contribution in [2.45, 2.75) is 19.4 Å². The smallest absolute Gasteiger partial charge is 0.263 e. The van der Waals surface area contributed by atoms with Gasteiger partial charge in [0.1, 0.15) is 0 Å². The van der Waals surface area contributed by atoms with Gasteiger partial charge in [0.15, 0.2) is 0 Å². The van der Waals surface area contributed by atoms with Gasteiger partial charge >= 0.3 is 0 Å². The number of hydrogen-bond donors (Lipinski definition) is 2. The summed E-state index contributed by atoms with van der Waals surface area (Å²) >= 11 is 0. The molecule has 0 saturated heterocycles. The first kappa shape index (κ1) is 14.8. The second-order valence-corrected chi connectivity index (χ2v) is 3.20. The van der Waals surface area contributed by atoms with Crippen molar-refractivity contribution in [3.05, 3.63) is 29.8 Å². The molecule has 0 fully saturated rings. The number of carbonyl (C=O) groups excluding carboxylic acids is 1. The van der Waals surface area contributed by atoms with Gasteiger partial charge in [0.25, 0.3) is 6.43 Å². The van der Waals surface area contributed by atoms with Crippen molar-refractivity contribution in [2.24, 2.45) is 5.73 Å². The summed E-state index contributed by atoms with van der Waals surface area (Å²) in [5.74, 6) is -0.401. The van der Waals surface area contributed by atoms with Crippen LogP contribution in [0.2, 0.25) is 0 Å². The average molecular weight is 251 g/mol. The Labute approximate surface area is 98.4 Å². The molecule has 0 radical (unpaired) electrons. The van der Waals surface area contributed by atoms with Gasteiger partial charge in [0.05, 0.1) is 6.04 Å². The van der Waals surface area contributed by atoms with Crippen molar-refractivity contribution < 1.29 is 13.6 Å². The lowest BCUT2D eigenvalue weighted by atomic mass is 10.2. The Morgan fingerprint density at radius 1 is 1.44 bits per heavy atom. The minimum Gasteiger partial charge on any atom is -0.325 e. The number of anilines is 1. The Morgan fingerprint density at radius 3 is 2.56 bits per heavy atom. The van der Waals surface area contributed by atoms with Crippen LogP contribution in [0.3, 0.4) is 0 Å². The average Bonchev–Trinajstić information content (AvgIpc) is 2.18. The molecule has 1 unspecified atom stereocenters. The highest BCUT2D eigenvalue weighted by molar-refractivity contribution is 5.94. The minimum atomic E-state index is -2.54. The molecule has 0 aromatic heterocycles. The van der Waals surface area contributed by atoms with E-state index < -0.39 is 18.4 Å². The van der Waals surface area contributed by atoms with E-state index in [4.69, 9.17) is 5.73 Å². The number of benzene rings is 1. The number of nitrogens with two attached hydrogens (primary N) is 1. The van der Waals surface area contributed by atoms with E-state index in [1.54, 1.807) is 0 Å². The van der Waals surface area contributed by atoms with Gasteiger partial charge in [-0.05, 0) is 19.1 Å². The molecule has 0 saturated carbocycles.